The average Bonchev–Trinajstić information content (AvgIpc) is 2.31. The van der Waals surface area contributed by atoms with Gasteiger partial charge in [-0.05, 0) is 6.07 Å². The van der Waals surface area contributed by atoms with Gasteiger partial charge in [-0.3, -0.25) is 0 Å². The molecule has 82 valence electrons. The van der Waals surface area contributed by atoms with Gasteiger partial charge in [0.1, 0.15) is 0 Å². The van der Waals surface area contributed by atoms with Crippen molar-refractivity contribution < 1.29 is 9.30 Å². The molecule has 16 heavy (non-hydrogen) atoms. The number of aromatic nitrogens is 1. The van der Waals surface area contributed by atoms with Gasteiger partial charge < -0.3 is 4.74 Å². The molecule has 0 atom stereocenters. The molecular weight excluding hydrogens is 222 g/mol. The number of nitrogens with zero attached hydrogens (tertiary/aromatic N) is 1. The number of ether oxygens (including phenoxy) is 1. The molecule has 2 rings (SSSR count). The molecule has 0 saturated heterocycles. The van der Waals surface area contributed by atoms with Gasteiger partial charge in [-0.2, -0.15) is 4.57 Å². The number of rotatable bonds is 3. The molecule has 0 unspecified atom stereocenters. The molecule has 0 spiro atoms. The number of hydrogen-bond donors (Lipinski definition) is 0. The quantitative estimate of drug-likeness (QED) is 0.745. The molecule has 0 amide bonds. The van der Waals surface area contributed by atoms with Crippen LogP contribution in [0.25, 0.3) is 0 Å². The number of methoxy groups -OCH3 is 1. The third-order valence-corrected chi connectivity index (χ3v) is 2.65. The molecule has 0 aliphatic rings. The Hall–Kier alpha value is -1.54. The van der Waals surface area contributed by atoms with E-state index in [-0.39, 0.29) is 0 Å². The maximum Gasteiger partial charge on any atom is 0.387 e. The highest BCUT2D eigenvalue weighted by Gasteiger charge is 2.15. The minimum absolute atomic E-state index is 0.626. The maximum absolute atomic E-state index is 6.05. The predicted octanol–water partition coefficient (Wildman–Crippen LogP) is 2.68. The van der Waals surface area contributed by atoms with Gasteiger partial charge in [0, 0.05) is 11.6 Å². The van der Waals surface area contributed by atoms with Crippen LogP contribution in [0.5, 0.6) is 5.88 Å². The summed E-state index contributed by atoms with van der Waals surface area (Å²) in [6.07, 6.45) is 1.96. The Morgan fingerprint density at radius 1 is 1.12 bits per heavy atom. The number of benzene rings is 1. The topological polar surface area (TPSA) is 13.1 Å². The molecule has 0 aliphatic heterocycles. The summed E-state index contributed by atoms with van der Waals surface area (Å²) in [5.74, 6) is 0.688. The monoisotopic (exact) mass is 234 g/mol. The van der Waals surface area contributed by atoms with Gasteiger partial charge in [0.2, 0.25) is 0 Å². The second-order valence-corrected chi connectivity index (χ2v) is 3.89. The lowest BCUT2D eigenvalue weighted by Gasteiger charge is -2.03. The molecule has 0 bridgehead atoms. The summed E-state index contributed by atoms with van der Waals surface area (Å²) in [5, 5.41) is 0.626. The van der Waals surface area contributed by atoms with E-state index in [1.807, 2.05) is 41.1 Å². The molecule has 1 aromatic carbocycles. The smallest absolute Gasteiger partial charge is 0.387 e. The molecule has 0 radical (unpaired) electrons. The van der Waals surface area contributed by atoms with Gasteiger partial charge in [0.05, 0.1) is 7.11 Å². The van der Waals surface area contributed by atoms with Crippen molar-refractivity contribution in [2.75, 3.05) is 7.11 Å². The van der Waals surface area contributed by atoms with Crippen molar-refractivity contribution in [1.82, 2.24) is 0 Å². The van der Waals surface area contributed by atoms with Crippen molar-refractivity contribution in [3.05, 3.63) is 59.2 Å². The highest BCUT2D eigenvalue weighted by Crippen LogP contribution is 2.18. The van der Waals surface area contributed by atoms with E-state index < -0.39 is 0 Å². The van der Waals surface area contributed by atoms with E-state index in [2.05, 4.69) is 12.1 Å². The van der Waals surface area contributed by atoms with Crippen LogP contribution in [0.1, 0.15) is 5.56 Å². The van der Waals surface area contributed by atoms with Crippen LogP contribution in [-0.2, 0) is 6.54 Å². The molecule has 1 aromatic heterocycles. The fourth-order valence-corrected chi connectivity index (χ4v) is 1.89. The Morgan fingerprint density at radius 3 is 2.56 bits per heavy atom. The molecule has 0 N–H and O–H groups in total. The van der Waals surface area contributed by atoms with Crippen LogP contribution in [0.2, 0.25) is 5.02 Å². The zero-order valence-corrected chi connectivity index (χ0v) is 9.82. The largest absolute Gasteiger partial charge is 0.447 e. The Kier molecular flexibility index (Phi) is 3.42. The van der Waals surface area contributed by atoms with Gasteiger partial charge in [0.25, 0.3) is 0 Å². The van der Waals surface area contributed by atoms with Crippen LogP contribution < -0.4 is 9.30 Å². The van der Waals surface area contributed by atoms with E-state index in [1.54, 1.807) is 7.11 Å². The van der Waals surface area contributed by atoms with Crippen molar-refractivity contribution in [2.24, 2.45) is 0 Å². The summed E-state index contributed by atoms with van der Waals surface area (Å²) in [6, 6.07) is 13.9. The number of hydrogen-bond acceptors (Lipinski definition) is 1. The molecular formula is C13H13ClNO+. The second-order valence-electron chi connectivity index (χ2n) is 3.48. The maximum atomic E-state index is 6.05. The molecule has 0 saturated carbocycles. The zero-order valence-electron chi connectivity index (χ0n) is 9.06. The summed E-state index contributed by atoms with van der Waals surface area (Å²) < 4.78 is 7.26. The highest BCUT2D eigenvalue weighted by atomic mass is 35.5. The van der Waals surface area contributed by atoms with Crippen molar-refractivity contribution in [1.29, 1.82) is 0 Å². The zero-order chi connectivity index (χ0) is 11.4. The minimum Gasteiger partial charge on any atom is -0.447 e. The van der Waals surface area contributed by atoms with Gasteiger partial charge in [0.15, 0.2) is 17.8 Å². The van der Waals surface area contributed by atoms with Crippen LogP contribution in [0.3, 0.4) is 0 Å². The lowest BCUT2D eigenvalue weighted by molar-refractivity contribution is -0.693. The summed E-state index contributed by atoms with van der Waals surface area (Å²) in [6.45, 7) is 0.755. The molecule has 2 aromatic rings. The summed E-state index contributed by atoms with van der Waals surface area (Å²) >= 11 is 6.05. The van der Waals surface area contributed by atoms with Gasteiger partial charge in [-0.25, -0.2) is 0 Å². The van der Waals surface area contributed by atoms with Crippen molar-refractivity contribution in [2.45, 2.75) is 6.54 Å². The van der Waals surface area contributed by atoms with E-state index in [9.17, 15) is 0 Å². The van der Waals surface area contributed by atoms with Crippen LogP contribution in [-0.4, -0.2) is 7.11 Å². The average molecular weight is 235 g/mol. The fourth-order valence-electron chi connectivity index (χ4n) is 1.63. The van der Waals surface area contributed by atoms with Gasteiger partial charge >= 0.3 is 5.88 Å². The van der Waals surface area contributed by atoms with E-state index in [1.165, 1.54) is 5.56 Å². The Labute approximate surface area is 100 Å². The van der Waals surface area contributed by atoms with Crippen LogP contribution in [0.4, 0.5) is 0 Å². The van der Waals surface area contributed by atoms with Crippen molar-refractivity contribution in [3.8, 4) is 5.88 Å². The van der Waals surface area contributed by atoms with E-state index >= 15 is 0 Å². The third kappa shape index (κ3) is 2.34. The van der Waals surface area contributed by atoms with Gasteiger partial charge in [-0.15, -0.1) is 0 Å². The fraction of sp³-hybridized carbons (Fsp3) is 0.154. The first kappa shape index (κ1) is 11.0. The second kappa shape index (κ2) is 4.99. The number of pyridine rings is 1. The highest BCUT2D eigenvalue weighted by molar-refractivity contribution is 6.31. The number of halogens is 1. The molecule has 0 fully saturated rings. The van der Waals surface area contributed by atoms with Crippen LogP contribution in [0, 0.1) is 0 Å². The van der Waals surface area contributed by atoms with E-state index in [4.69, 9.17) is 16.3 Å². The summed E-state index contributed by atoms with van der Waals surface area (Å²) in [7, 11) is 1.63. The molecule has 1 heterocycles. The summed E-state index contributed by atoms with van der Waals surface area (Å²) in [4.78, 5) is 0. The minimum atomic E-state index is 0.626. The molecule has 2 nitrogen and oxygen atoms in total. The van der Waals surface area contributed by atoms with E-state index in [0.29, 0.717) is 10.9 Å². The molecule has 3 heteroatoms. The Bertz CT molecular complexity index is 471. The lowest BCUT2D eigenvalue weighted by Crippen LogP contribution is -2.35. The first-order valence-electron chi connectivity index (χ1n) is 5.07. The van der Waals surface area contributed by atoms with Crippen molar-refractivity contribution in [3.63, 3.8) is 0 Å². The Balaban J connectivity index is 2.31. The SMILES string of the molecule is COc1c(Cl)ccc[n+]1Cc1ccccc1. The molecule has 0 aliphatic carbocycles. The van der Waals surface area contributed by atoms with Crippen molar-refractivity contribution >= 4 is 11.6 Å². The summed E-state index contributed by atoms with van der Waals surface area (Å²) in [5.41, 5.74) is 1.22. The first-order valence-corrected chi connectivity index (χ1v) is 5.45. The van der Waals surface area contributed by atoms with Crippen LogP contribution in [0.15, 0.2) is 48.7 Å². The van der Waals surface area contributed by atoms with E-state index in [0.717, 1.165) is 6.54 Å². The first-order chi connectivity index (χ1) is 7.81. The lowest BCUT2D eigenvalue weighted by atomic mass is 10.2. The van der Waals surface area contributed by atoms with Gasteiger partial charge in [-0.1, -0.05) is 41.9 Å². The standard InChI is InChI=1S/C13H13ClNO/c1-16-13-12(14)8-5-9-15(13)10-11-6-3-2-4-7-11/h2-9H,10H2,1H3/q+1. The normalized spacial score (nSPS) is 10.1. The third-order valence-electron chi connectivity index (χ3n) is 2.36. The Morgan fingerprint density at radius 2 is 1.88 bits per heavy atom. The van der Waals surface area contributed by atoms with Crippen LogP contribution >= 0.6 is 11.6 Å². The predicted molar refractivity (Wildman–Crippen MR) is 63.7 cm³/mol.